The van der Waals surface area contributed by atoms with E-state index in [4.69, 9.17) is 5.11 Å². The van der Waals surface area contributed by atoms with E-state index in [1.165, 1.54) is 0 Å². The van der Waals surface area contributed by atoms with Gasteiger partial charge in [-0.05, 0) is 37.6 Å². The standard InChI is InChI=1S/C14H16N2O2/c1-10-7-8-11(2)16(10)15-9-12-5-3-4-6-13(12)14(17)18/h3-8,15H,9H2,1-2H3,(H,17,18). The SMILES string of the molecule is Cc1ccc(C)n1NCc1ccccc1C(=O)O. The Morgan fingerprint density at radius 3 is 2.39 bits per heavy atom. The highest BCUT2D eigenvalue weighted by atomic mass is 16.4. The number of aromatic nitrogens is 1. The fourth-order valence-electron chi connectivity index (χ4n) is 1.97. The second-order valence-electron chi connectivity index (χ2n) is 4.25. The molecule has 0 aliphatic carbocycles. The Bertz CT molecular complexity index is 553. The van der Waals surface area contributed by atoms with Crippen molar-refractivity contribution in [2.45, 2.75) is 20.4 Å². The lowest BCUT2D eigenvalue weighted by molar-refractivity contribution is 0.0696. The molecular weight excluding hydrogens is 228 g/mol. The van der Waals surface area contributed by atoms with Crippen LogP contribution in [-0.4, -0.2) is 15.8 Å². The second kappa shape index (κ2) is 4.96. The van der Waals surface area contributed by atoms with Crippen LogP contribution < -0.4 is 5.43 Å². The summed E-state index contributed by atoms with van der Waals surface area (Å²) in [6.07, 6.45) is 0. The highest BCUT2D eigenvalue weighted by molar-refractivity contribution is 5.89. The maximum Gasteiger partial charge on any atom is 0.336 e. The summed E-state index contributed by atoms with van der Waals surface area (Å²) < 4.78 is 1.96. The van der Waals surface area contributed by atoms with Crippen LogP contribution >= 0.6 is 0 Å². The number of carboxylic acid groups (broad SMARTS) is 1. The lowest BCUT2D eigenvalue weighted by Crippen LogP contribution is -2.18. The second-order valence-corrected chi connectivity index (χ2v) is 4.25. The number of benzene rings is 1. The average molecular weight is 244 g/mol. The minimum absolute atomic E-state index is 0.340. The van der Waals surface area contributed by atoms with Crippen LogP contribution in [0.15, 0.2) is 36.4 Å². The number of carboxylic acids is 1. The van der Waals surface area contributed by atoms with E-state index in [9.17, 15) is 4.79 Å². The van der Waals surface area contributed by atoms with Gasteiger partial charge in [0.2, 0.25) is 0 Å². The molecule has 0 saturated heterocycles. The van der Waals surface area contributed by atoms with Gasteiger partial charge >= 0.3 is 5.97 Å². The van der Waals surface area contributed by atoms with E-state index in [0.29, 0.717) is 12.1 Å². The first-order chi connectivity index (χ1) is 8.59. The van der Waals surface area contributed by atoms with Gasteiger partial charge < -0.3 is 10.5 Å². The molecule has 2 N–H and O–H groups in total. The van der Waals surface area contributed by atoms with E-state index in [2.05, 4.69) is 5.43 Å². The molecule has 0 fully saturated rings. The van der Waals surface area contributed by atoms with Crippen molar-refractivity contribution < 1.29 is 9.90 Å². The maximum atomic E-state index is 11.1. The molecule has 0 spiro atoms. The molecule has 1 heterocycles. The largest absolute Gasteiger partial charge is 0.478 e. The Morgan fingerprint density at radius 1 is 1.17 bits per heavy atom. The highest BCUT2D eigenvalue weighted by Gasteiger charge is 2.09. The third kappa shape index (κ3) is 2.37. The zero-order valence-corrected chi connectivity index (χ0v) is 10.5. The molecule has 4 heteroatoms. The van der Waals surface area contributed by atoms with Crippen molar-refractivity contribution >= 4 is 5.97 Å². The van der Waals surface area contributed by atoms with Crippen molar-refractivity contribution in [1.82, 2.24) is 4.68 Å². The summed E-state index contributed by atoms with van der Waals surface area (Å²) in [5.74, 6) is -0.895. The van der Waals surface area contributed by atoms with Crippen LogP contribution in [0.2, 0.25) is 0 Å². The van der Waals surface area contributed by atoms with E-state index < -0.39 is 5.97 Å². The monoisotopic (exact) mass is 244 g/mol. The number of hydrogen-bond donors (Lipinski definition) is 2. The molecule has 2 aromatic rings. The zero-order chi connectivity index (χ0) is 13.1. The number of nitrogens with one attached hydrogen (secondary N) is 1. The zero-order valence-electron chi connectivity index (χ0n) is 10.5. The molecular formula is C14H16N2O2. The van der Waals surface area contributed by atoms with Crippen LogP contribution in [0.3, 0.4) is 0 Å². The summed E-state index contributed by atoms with van der Waals surface area (Å²) in [4.78, 5) is 11.1. The van der Waals surface area contributed by atoms with Crippen LogP contribution in [-0.2, 0) is 6.54 Å². The van der Waals surface area contributed by atoms with Gasteiger partial charge in [0, 0.05) is 11.4 Å². The summed E-state index contributed by atoms with van der Waals surface area (Å²) in [6, 6.07) is 11.1. The summed E-state index contributed by atoms with van der Waals surface area (Å²) in [6.45, 7) is 4.49. The van der Waals surface area contributed by atoms with Gasteiger partial charge in [-0.2, -0.15) is 0 Å². The summed E-state index contributed by atoms with van der Waals surface area (Å²) in [5.41, 5.74) is 6.54. The average Bonchev–Trinajstić information content (AvgIpc) is 2.67. The molecule has 0 unspecified atom stereocenters. The molecule has 0 saturated carbocycles. The first kappa shape index (κ1) is 12.2. The molecule has 2 rings (SSSR count). The van der Waals surface area contributed by atoms with Gasteiger partial charge in [0.15, 0.2) is 0 Å². The number of aromatic carboxylic acids is 1. The van der Waals surface area contributed by atoms with Crippen LogP contribution in [0.25, 0.3) is 0 Å². The fourth-order valence-corrected chi connectivity index (χ4v) is 1.97. The van der Waals surface area contributed by atoms with Crippen molar-refractivity contribution in [3.63, 3.8) is 0 Å². The molecule has 0 radical (unpaired) electrons. The Kier molecular flexibility index (Phi) is 3.37. The summed E-state index contributed by atoms with van der Waals surface area (Å²) in [5, 5.41) is 9.10. The van der Waals surface area contributed by atoms with Crippen LogP contribution in [0.1, 0.15) is 27.3 Å². The molecule has 0 aliphatic rings. The topological polar surface area (TPSA) is 54.3 Å². The molecule has 0 amide bonds. The lowest BCUT2D eigenvalue weighted by Gasteiger charge is -2.13. The summed E-state index contributed by atoms with van der Waals surface area (Å²) in [7, 11) is 0. The number of aryl methyl sites for hydroxylation is 2. The minimum atomic E-state index is -0.895. The number of rotatable bonds is 4. The van der Waals surface area contributed by atoms with Gasteiger partial charge in [-0.15, -0.1) is 0 Å². The number of hydrogen-bond acceptors (Lipinski definition) is 2. The van der Waals surface area contributed by atoms with Crippen molar-refractivity contribution in [2.24, 2.45) is 0 Å². The van der Waals surface area contributed by atoms with E-state index in [0.717, 1.165) is 17.0 Å². The Labute approximate surface area is 106 Å². The molecule has 94 valence electrons. The van der Waals surface area contributed by atoms with Gasteiger partial charge in [0.05, 0.1) is 12.1 Å². The van der Waals surface area contributed by atoms with Gasteiger partial charge in [-0.3, -0.25) is 4.68 Å². The molecule has 1 aromatic heterocycles. The summed E-state index contributed by atoms with van der Waals surface area (Å²) >= 11 is 0. The van der Waals surface area contributed by atoms with Crippen LogP contribution in [0, 0.1) is 13.8 Å². The molecule has 1 aromatic carbocycles. The van der Waals surface area contributed by atoms with E-state index in [1.54, 1.807) is 12.1 Å². The quantitative estimate of drug-likeness (QED) is 0.869. The Hall–Kier alpha value is -2.23. The molecule has 0 aliphatic heterocycles. The van der Waals surface area contributed by atoms with Crippen LogP contribution in [0.5, 0.6) is 0 Å². The predicted octanol–water partition coefficient (Wildman–Crippen LogP) is 2.55. The highest BCUT2D eigenvalue weighted by Crippen LogP contribution is 2.10. The minimum Gasteiger partial charge on any atom is -0.478 e. The number of carbonyl (C=O) groups is 1. The number of nitrogens with zero attached hydrogens (tertiary/aromatic N) is 1. The lowest BCUT2D eigenvalue weighted by atomic mass is 10.1. The normalized spacial score (nSPS) is 10.3. The van der Waals surface area contributed by atoms with Crippen LogP contribution in [0.4, 0.5) is 0 Å². The van der Waals surface area contributed by atoms with Crippen molar-refractivity contribution in [3.8, 4) is 0 Å². The van der Waals surface area contributed by atoms with Gasteiger partial charge in [0.25, 0.3) is 0 Å². The Morgan fingerprint density at radius 2 is 1.78 bits per heavy atom. The molecule has 0 bridgehead atoms. The maximum absolute atomic E-state index is 11.1. The molecule has 18 heavy (non-hydrogen) atoms. The third-order valence-electron chi connectivity index (χ3n) is 2.95. The van der Waals surface area contributed by atoms with E-state index >= 15 is 0 Å². The van der Waals surface area contributed by atoms with Gasteiger partial charge in [-0.25, -0.2) is 4.79 Å². The van der Waals surface area contributed by atoms with Gasteiger partial charge in [0.1, 0.15) is 0 Å². The van der Waals surface area contributed by atoms with Crippen molar-refractivity contribution in [2.75, 3.05) is 5.43 Å². The van der Waals surface area contributed by atoms with E-state index in [1.807, 2.05) is 42.8 Å². The smallest absolute Gasteiger partial charge is 0.336 e. The first-order valence-corrected chi connectivity index (χ1v) is 5.79. The van der Waals surface area contributed by atoms with Gasteiger partial charge in [-0.1, -0.05) is 18.2 Å². The third-order valence-corrected chi connectivity index (χ3v) is 2.95. The molecule has 4 nitrogen and oxygen atoms in total. The predicted molar refractivity (Wildman–Crippen MR) is 70.4 cm³/mol. The molecule has 0 atom stereocenters. The van der Waals surface area contributed by atoms with E-state index in [-0.39, 0.29) is 0 Å². The fraction of sp³-hybridized carbons (Fsp3) is 0.214. The van der Waals surface area contributed by atoms with Crippen molar-refractivity contribution in [1.29, 1.82) is 0 Å². The Balaban J connectivity index is 2.18. The van der Waals surface area contributed by atoms with Crippen molar-refractivity contribution in [3.05, 3.63) is 58.9 Å². The first-order valence-electron chi connectivity index (χ1n) is 5.79.